The molecule has 0 aliphatic carbocycles. The van der Waals surface area contributed by atoms with Gasteiger partial charge in [-0.15, -0.1) is 0 Å². The van der Waals surface area contributed by atoms with Crippen LogP contribution in [-0.2, 0) is 14.4 Å². The van der Waals surface area contributed by atoms with Gasteiger partial charge in [-0.1, -0.05) is 24.6 Å². The first-order valence-electron chi connectivity index (χ1n) is 18.9. The number of amides is 5. The van der Waals surface area contributed by atoms with Crippen molar-refractivity contribution in [1.29, 1.82) is 0 Å². The summed E-state index contributed by atoms with van der Waals surface area (Å²) in [5.41, 5.74) is 7.17. The highest BCUT2D eigenvalue weighted by Gasteiger charge is 2.44. The summed E-state index contributed by atoms with van der Waals surface area (Å²) in [6.45, 7) is 3.86. The Balaban J connectivity index is 0.773. The smallest absolute Gasteiger partial charge is 0.262 e. The second-order valence-corrected chi connectivity index (χ2v) is 14.4. The number of hydrogen-bond acceptors (Lipinski definition) is 10. The predicted octanol–water partition coefficient (Wildman–Crippen LogP) is 4.11. The van der Waals surface area contributed by atoms with E-state index in [1.54, 1.807) is 18.2 Å². The average molecular weight is 730 g/mol. The fourth-order valence-electron chi connectivity index (χ4n) is 7.90. The number of unbranched alkanes of at least 4 members (excludes halogenated alkanes) is 2. The van der Waals surface area contributed by atoms with Crippen molar-refractivity contribution in [3.63, 3.8) is 0 Å². The fourth-order valence-corrected chi connectivity index (χ4v) is 7.90. The number of benzene rings is 2. The van der Waals surface area contributed by atoms with Crippen LogP contribution in [0.2, 0.25) is 0 Å². The van der Waals surface area contributed by atoms with E-state index >= 15 is 0 Å². The summed E-state index contributed by atoms with van der Waals surface area (Å²) in [5.74, 6) is -1.90. The first-order valence-corrected chi connectivity index (χ1v) is 18.9. The van der Waals surface area contributed by atoms with Crippen LogP contribution < -0.4 is 16.0 Å². The van der Waals surface area contributed by atoms with Crippen LogP contribution in [-0.4, -0.2) is 97.8 Å². The second-order valence-electron chi connectivity index (χ2n) is 14.4. The van der Waals surface area contributed by atoms with Crippen molar-refractivity contribution in [1.82, 2.24) is 40.2 Å². The van der Waals surface area contributed by atoms with Gasteiger partial charge in [0.25, 0.3) is 11.8 Å². The summed E-state index contributed by atoms with van der Waals surface area (Å²) in [7, 11) is 0. The number of carbonyl (C=O) groups excluding carboxylic acids is 5. The zero-order valence-corrected chi connectivity index (χ0v) is 30.1. The normalized spacial score (nSPS) is 19.3. The Kier molecular flexibility index (Phi) is 10.00. The van der Waals surface area contributed by atoms with E-state index in [0.29, 0.717) is 31.7 Å². The van der Waals surface area contributed by atoms with Gasteiger partial charge in [0.1, 0.15) is 6.04 Å². The molecule has 6 heterocycles. The quantitative estimate of drug-likeness (QED) is 0.151. The van der Waals surface area contributed by atoms with E-state index < -0.39 is 29.7 Å². The SMILES string of the molecule is O=C1CCC(N2C(=O)c3ccc(NCCCCCC(=O)N4CCC(n5cc(-c6cnc7cccc(C8=CCNCC8)c7n6)cn5)CC4)cc3C2=O)C(=O)N1. The molecule has 3 N–H and O–H groups in total. The topological polar surface area (TPSA) is 172 Å². The molecule has 1 unspecified atom stereocenters. The Labute approximate surface area is 312 Å². The molecule has 2 fully saturated rings. The number of aromatic nitrogens is 4. The number of hydrogen-bond donors (Lipinski definition) is 3. The van der Waals surface area contributed by atoms with E-state index in [1.165, 1.54) is 5.57 Å². The van der Waals surface area contributed by atoms with Crippen molar-refractivity contribution in [3.05, 3.63) is 77.8 Å². The Morgan fingerprint density at radius 3 is 2.57 bits per heavy atom. The van der Waals surface area contributed by atoms with Crippen LogP contribution >= 0.6 is 0 Å². The van der Waals surface area contributed by atoms with Gasteiger partial charge in [0.05, 0.1) is 46.3 Å². The van der Waals surface area contributed by atoms with E-state index in [4.69, 9.17) is 15.1 Å². The first kappa shape index (κ1) is 35.3. The molecule has 8 rings (SSSR count). The molecule has 5 amide bonds. The van der Waals surface area contributed by atoms with Gasteiger partial charge in [-0.2, -0.15) is 5.10 Å². The number of nitrogens with zero attached hydrogens (tertiary/aromatic N) is 6. The summed E-state index contributed by atoms with van der Waals surface area (Å²) < 4.78 is 2.01. The monoisotopic (exact) mass is 729 g/mol. The molecule has 1 atom stereocenters. The van der Waals surface area contributed by atoms with Gasteiger partial charge in [-0.05, 0) is 74.9 Å². The number of piperidine rings is 2. The fraction of sp³-hybridized carbons (Fsp3) is 0.400. The van der Waals surface area contributed by atoms with E-state index in [2.05, 4.69) is 34.3 Å². The third-order valence-electron chi connectivity index (χ3n) is 10.9. The minimum absolute atomic E-state index is 0.0798. The van der Waals surface area contributed by atoms with Crippen molar-refractivity contribution in [2.75, 3.05) is 38.0 Å². The highest BCUT2D eigenvalue weighted by molar-refractivity contribution is 6.23. The summed E-state index contributed by atoms with van der Waals surface area (Å²) in [4.78, 5) is 75.6. The first-order chi connectivity index (χ1) is 26.3. The van der Waals surface area contributed by atoms with Crippen molar-refractivity contribution < 1.29 is 24.0 Å². The Morgan fingerprint density at radius 2 is 1.76 bits per heavy atom. The van der Waals surface area contributed by atoms with Crippen LogP contribution in [0.4, 0.5) is 5.69 Å². The number of rotatable bonds is 11. The number of para-hydroxylation sites is 1. The summed E-state index contributed by atoms with van der Waals surface area (Å²) in [6, 6.07) is 10.4. The van der Waals surface area contributed by atoms with Gasteiger partial charge >= 0.3 is 0 Å². The van der Waals surface area contributed by atoms with Crippen LogP contribution in [0.15, 0.2) is 61.1 Å². The number of imide groups is 2. The van der Waals surface area contributed by atoms with Gasteiger partial charge in [-0.25, -0.2) is 4.98 Å². The maximum absolute atomic E-state index is 13.1. The number of likely N-dealkylation sites (tertiary alicyclic amines) is 1. The Bertz CT molecular complexity index is 2170. The molecule has 2 aromatic heterocycles. The van der Waals surface area contributed by atoms with Gasteiger partial charge in [0.15, 0.2) is 0 Å². The molecule has 14 nitrogen and oxygen atoms in total. The van der Waals surface area contributed by atoms with Crippen LogP contribution in [0.3, 0.4) is 0 Å². The zero-order chi connectivity index (χ0) is 37.2. The minimum Gasteiger partial charge on any atom is -0.385 e. The van der Waals surface area contributed by atoms with Gasteiger partial charge in [0, 0.05) is 62.0 Å². The molecule has 2 saturated heterocycles. The molecule has 4 aromatic rings. The Hall–Kier alpha value is -5.76. The molecule has 54 heavy (non-hydrogen) atoms. The van der Waals surface area contributed by atoms with Gasteiger partial charge in [0.2, 0.25) is 17.7 Å². The molecule has 4 aliphatic rings. The summed E-state index contributed by atoms with van der Waals surface area (Å²) >= 11 is 0. The summed E-state index contributed by atoms with van der Waals surface area (Å²) in [6.07, 6.45) is 13.8. The molecule has 14 heteroatoms. The lowest BCUT2D eigenvalue weighted by Crippen LogP contribution is -2.54. The predicted molar refractivity (Wildman–Crippen MR) is 201 cm³/mol. The Morgan fingerprint density at radius 1 is 0.907 bits per heavy atom. The lowest BCUT2D eigenvalue weighted by molar-refractivity contribution is -0.136. The molecule has 278 valence electrons. The van der Waals surface area contributed by atoms with E-state index in [9.17, 15) is 24.0 Å². The third-order valence-corrected chi connectivity index (χ3v) is 10.9. The maximum atomic E-state index is 13.1. The highest BCUT2D eigenvalue weighted by atomic mass is 16.2. The molecular formula is C40H43N9O5. The van der Waals surface area contributed by atoms with Crippen molar-refractivity contribution >= 4 is 51.8 Å². The standard InChI is InChI=1S/C40H43N9O5/c50-35-11-10-34(38(52)46-35)49-39(53)30-9-8-27(21-31(30)40(49)54)42-16-3-1-2-7-36(51)47-19-14-28(15-20-47)48-24-26(22-44-48)33-23-43-32-6-4-5-29(37(32)45-33)25-12-17-41-18-13-25/h4-6,8-9,12,21-24,28,34,41-42H,1-3,7,10-11,13-20H2,(H,46,50,52). The summed E-state index contributed by atoms with van der Waals surface area (Å²) in [5, 5.41) is 13.6. The molecule has 0 radical (unpaired) electrons. The lowest BCUT2D eigenvalue weighted by atomic mass is 9.98. The number of anilines is 1. The highest BCUT2D eigenvalue weighted by Crippen LogP contribution is 2.31. The molecule has 4 aliphatic heterocycles. The van der Waals surface area contributed by atoms with Crippen LogP contribution in [0.5, 0.6) is 0 Å². The second kappa shape index (κ2) is 15.3. The zero-order valence-electron chi connectivity index (χ0n) is 30.1. The van der Waals surface area contributed by atoms with Gasteiger partial charge in [-0.3, -0.25) is 43.9 Å². The third kappa shape index (κ3) is 7.13. The van der Waals surface area contributed by atoms with E-state index in [-0.39, 0.29) is 35.9 Å². The van der Waals surface area contributed by atoms with E-state index in [0.717, 1.165) is 84.4 Å². The van der Waals surface area contributed by atoms with Crippen molar-refractivity contribution in [2.24, 2.45) is 0 Å². The average Bonchev–Trinajstić information content (AvgIpc) is 3.79. The van der Waals surface area contributed by atoms with Crippen molar-refractivity contribution in [3.8, 4) is 11.3 Å². The van der Waals surface area contributed by atoms with Crippen LogP contribution in [0.25, 0.3) is 27.9 Å². The molecular weight excluding hydrogens is 686 g/mol. The number of fused-ring (bicyclic) bond motifs is 2. The lowest BCUT2D eigenvalue weighted by Gasteiger charge is -2.32. The van der Waals surface area contributed by atoms with Crippen LogP contribution in [0, 0.1) is 0 Å². The maximum Gasteiger partial charge on any atom is 0.262 e. The minimum atomic E-state index is -0.987. The number of nitrogens with one attached hydrogen (secondary N) is 3. The molecule has 0 spiro atoms. The number of carbonyl (C=O) groups is 5. The van der Waals surface area contributed by atoms with E-state index in [1.807, 2.05) is 34.1 Å². The largest absolute Gasteiger partial charge is 0.385 e. The molecule has 2 aromatic carbocycles. The van der Waals surface area contributed by atoms with Gasteiger partial charge < -0.3 is 15.5 Å². The molecule has 0 saturated carbocycles. The van der Waals surface area contributed by atoms with Crippen molar-refractivity contribution in [2.45, 2.75) is 69.9 Å². The van der Waals surface area contributed by atoms with Crippen LogP contribution in [0.1, 0.15) is 90.1 Å². The molecule has 0 bridgehead atoms.